The lowest BCUT2D eigenvalue weighted by molar-refractivity contribution is 0.124. The number of hydrogen-bond acceptors (Lipinski definition) is 6. The Balaban J connectivity index is 1.82. The van der Waals surface area contributed by atoms with Crippen LogP contribution in [-0.4, -0.2) is 51.7 Å². The zero-order valence-electron chi connectivity index (χ0n) is 14.7. The first-order chi connectivity index (χ1) is 11.9. The molecule has 2 aromatic rings. The number of sulfonamides is 1. The molecule has 0 bridgehead atoms. The van der Waals surface area contributed by atoms with Crippen LogP contribution >= 0.6 is 0 Å². The number of rotatable bonds is 5. The zero-order valence-corrected chi connectivity index (χ0v) is 15.5. The van der Waals surface area contributed by atoms with E-state index in [1.807, 2.05) is 6.92 Å². The van der Waals surface area contributed by atoms with Gasteiger partial charge in [-0.2, -0.15) is 9.40 Å². The first-order valence-corrected chi connectivity index (χ1v) is 9.84. The molecule has 1 saturated heterocycles. The Morgan fingerprint density at radius 1 is 1.36 bits per heavy atom. The fourth-order valence-electron chi connectivity index (χ4n) is 3.23. The second-order valence-electron chi connectivity index (χ2n) is 6.11. The number of ether oxygens (including phenoxy) is 1. The van der Waals surface area contributed by atoms with Gasteiger partial charge in [-0.25, -0.2) is 18.4 Å². The molecule has 9 heteroatoms. The molecule has 0 aromatic carbocycles. The molecule has 0 N–H and O–H groups in total. The van der Waals surface area contributed by atoms with E-state index in [2.05, 4.69) is 15.1 Å². The average molecular weight is 365 g/mol. The molecule has 3 heterocycles. The topological polar surface area (TPSA) is 90.2 Å². The molecular formula is C16H23N5O3S. The molecule has 0 spiro atoms. The van der Waals surface area contributed by atoms with Crippen LogP contribution in [0.25, 0.3) is 0 Å². The Kier molecular flexibility index (Phi) is 5.05. The van der Waals surface area contributed by atoms with Crippen molar-refractivity contribution in [2.75, 3.05) is 13.1 Å². The predicted octanol–water partition coefficient (Wildman–Crippen LogP) is 1.54. The summed E-state index contributed by atoms with van der Waals surface area (Å²) in [6, 6.07) is 1.67. The van der Waals surface area contributed by atoms with Crippen LogP contribution in [0.3, 0.4) is 0 Å². The van der Waals surface area contributed by atoms with E-state index >= 15 is 0 Å². The van der Waals surface area contributed by atoms with Gasteiger partial charge in [-0.15, -0.1) is 0 Å². The number of hydrogen-bond donors (Lipinski definition) is 0. The summed E-state index contributed by atoms with van der Waals surface area (Å²) in [5, 5.41) is 4.34. The molecule has 2 aromatic heterocycles. The smallest absolute Gasteiger partial charge is 0.246 e. The van der Waals surface area contributed by atoms with Crippen LogP contribution in [0.2, 0.25) is 0 Å². The van der Waals surface area contributed by atoms with Gasteiger partial charge in [0.2, 0.25) is 15.9 Å². The fraction of sp³-hybridized carbons (Fsp3) is 0.562. The van der Waals surface area contributed by atoms with Crippen LogP contribution in [0.5, 0.6) is 5.88 Å². The molecular weight excluding hydrogens is 342 g/mol. The molecule has 1 atom stereocenters. The largest absolute Gasteiger partial charge is 0.473 e. The minimum Gasteiger partial charge on any atom is -0.473 e. The molecule has 0 saturated carbocycles. The molecule has 0 aliphatic carbocycles. The molecule has 1 unspecified atom stereocenters. The first-order valence-electron chi connectivity index (χ1n) is 8.40. The van der Waals surface area contributed by atoms with Crippen molar-refractivity contribution in [1.29, 1.82) is 0 Å². The highest BCUT2D eigenvalue weighted by Gasteiger charge is 2.35. The molecule has 1 fully saturated rings. The predicted molar refractivity (Wildman–Crippen MR) is 91.8 cm³/mol. The van der Waals surface area contributed by atoms with Crippen molar-refractivity contribution in [2.45, 2.75) is 51.2 Å². The summed E-state index contributed by atoms with van der Waals surface area (Å²) in [5.41, 5.74) is 1.22. The normalized spacial score (nSPS) is 19.1. The van der Waals surface area contributed by atoms with E-state index in [0.717, 1.165) is 12.8 Å². The van der Waals surface area contributed by atoms with E-state index < -0.39 is 10.0 Å². The van der Waals surface area contributed by atoms with E-state index in [1.54, 1.807) is 30.8 Å². The van der Waals surface area contributed by atoms with Gasteiger partial charge in [-0.3, -0.25) is 4.68 Å². The van der Waals surface area contributed by atoms with Crippen LogP contribution in [0.4, 0.5) is 0 Å². The number of aryl methyl sites for hydroxylation is 2. The summed E-state index contributed by atoms with van der Waals surface area (Å²) in [4.78, 5) is 8.22. The molecule has 1 aliphatic heterocycles. The third-order valence-electron chi connectivity index (χ3n) is 4.40. The minimum absolute atomic E-state index is 0.222. The fourth-order valence-corrected chi connectivity index (χ4v) is 5.11. The Morgan fingerprint density at radius 2 is 2.16 bits per heavy atom. The second kappa shape index (κ2) is 7.09. The van der Waals surface area contributed by atoms with E-state index in [1.165, 1.54) is 10.6 Å². The van der Waals surface area contributed by atoms with Crippen molar-refractivity contribution in [3.63, 3.8) is 0 Å². The van der Waals surface area contributed by atoms with Crippen molar-refractivity contribution >= 4 is 10.0 Å². The Hall–Kier alpha value is -2.00. The van der Waals surface area contributed by atoms with Gasteiger partial charge >= 0.3 is 0 Å². The lowest BCUT2D eigenvalue weighted by atomic mass is 10.1. The number of aromatic nitrogens is 4. The molecule has 8 nitrogen and oxygen atoms in total. The number of nitrogens with zero attached hydrogens (tertiary/aromatic N) is 5. The Labute approximate surface area is 147 Å². The van der Waals surface area contributed by atoms with Crippen molar-refractivity contribution < 1.29 is 13.2 Å². The minimum atomic E-state index is -3.60. The van der Waals surface area contributed by atoms with Crippen LogP contribution in [0.1, 0.15) is 31.2 Å². The van der Waals surface area contributed by atoms with E-state index in [0.29, 0.717) is 41.8 Å². The molecule has 1 aliphatic rings. The SMILES string of the molecule is CCn1nc(C)c(S(=O)(=O)N2CCCC(Oc3ccncn3)C2)c1C. The summed E-state index contributed by atoms with van der Waals surface area (Å²) in [6.45, 7) is 6.93. The summed E-state index contributed by atoms with van der Waals surface area (Å²) >= 11 is 0. The van der Waals surface area contributed by atoms with Crippen LogP contribution < -0.4 is 4.74 Å². The highest BCUT2D eigenvalue weighted by molar-refractivity contribution is 7.89. The maximum atomic E-state index is 13.1. The maximum Gasteiger partial charge on any atom is 0.246 e. The monoisotopic (exact) mass is 365 g/mol. The second-order valence-corrected chi connectivity index (χ2v) is 7.98. The summed E-state index contributed by atoms with van der Waals surface area (Å²) in [5.74, 6) is 0.463. The van der Waals surface area contributed by atoms with Gasteiger partial charge in [0, 0.05) is 25.4 Å². The van der Waals surface area contributed by atoms with Gasteiger partial charge < -0.3 is 4.74 Å². The highest BCUT2D eigenvalue weighted by Crippen LogP contribution is 2.27. The first kappa shape index (κ1) is 17.8. The van der Waals surface area contributed by atoms with Crippen LogP contribution in [0.15, 0.2) is 23.5 Å². The van der Waals surface area contributed by atoms with Gasteiger partial charge in [-0.1, -0.05) is 0 Å². The van der Waals surface area contributed by atoms with Crippen LogP contribution in [-0.2, 0) is 16.6 Å². The maximum absolute atomic E-state index is 13.1. The van der Waals surface area contributed by atoms with E-state index in [-0.39, 0.29) is 6.10 Å². The van der Waals surface area contributed by atoms with Gasteiger partial charge in [0.05, 0.1) is 17.9 Å². The van der Waals surface area contributed by atoms with Crippen molar-refractivity contribution in [1.82, 2.24) is 24.1 Å². The third kappa shape index (κ3) is 3.52. The van der Waals surface area contributed by atoms with Crippen molar-refractivity contribution in [3.8, 4) is 5.88 Å². The highest BCUT2D eigenvalue weighted by atomic mass is 32.2. The van der Waals surface area contributed by atoms with Crippen molar-refractivity contribution in [3.05, 3.63) is 30.0 Å². The average Bonchev–Trinajstić information content (AvgIpc) is 2.90. The third-order valence-corrected chi connectivity index (χ3v) is 6.51. The lowest BCUT2D eigenvalue weighted by Crippen LogP contribution is -2.44. The summed E-state index contributed by atoms with van der Waals surface area (Å²) < 4.78 is 35.3. The molecule has 0 amide bonds. The van der Waals surface area contributed by atoms with E-state index in [9.17, 15) is 8.42 Å². The summed E-state index contributed by atoms with van der Waals surface area (Å²) in [6.07, 6.45) is 4.33. The number of piperidine rings is 1. The Morgan fingerprint density at radius 3 is 2.80 bits per heavy atom. The molecule has 25 heavy (non-hydrogen) atoms. The van der Waals surface area contributed by atoms with Gasteiger partial charge in [0.15, 0.2) is 0 Å². The van der Waals surface area contributed by atoms with Gasteiger partial charge in [0.1, 0.15) is 17.3 Å². The van der Waals surface area contributed by atoms with Gasteiger partial charge in [-0.05, 0) is 33.6 Å². The molecule has 136 valence electrons. The van der Waals surface area contributed by atoms with E-state index in [4.69, 9.17) is 4.74 Å². The quantitative estimate of drug-likeness (QED) is 0.798. The standard InChI is InChI=1S/C16H23N5O3S/c1-4-21-13(3)16(12(2)19-21)25(22,23)20-9-5-6-14(10-20)24-15-7-8-17-11-18-15/h7-8,11,14H,4-6,9-10H2,1-3H3. The Bertz CT molecular complexity index is 835. The summed E-state index contributed by atoms with van der Waals surface area (Å²) in [7, 11) is -3.60. The van der Waals surface area contributed by atoms with Crippen LogP contribution in [0, 0.1) is 13.8 Å². The zero-order chi connectivity index (χ0) is 18.0. The van der Waals surface area contributed by atoms with Crippen molar-refractivity contribution in [2.24, 2.45) is 0 Å². The lowest BCUT2D eigenvalue weighted by Gasteiger charge is -2.31. The molecule has 3 rings (SSSR count). The molecule has 0 radical (unpaired) electrons. The van der Waals surface area contributed by atoms with Gasteiger partial charge in [0.25, 0.3) is 0 Å².